The van der Waals surface area contributed by atoms with Crippen LogP contribution in [0.2, 0.25) is 0 Å². The van der Waals surface area contributed by atoms with Gasteiger partial charge in [0, 0.05) is 11.8 Å². The van der Waals surface area contributed by atoms with Crippen LogP contribution in [-0.4, -0.2) is 40.2 Å². The van der Waals surface area contributed by atoms with Gasteiger partial charge in [0.05, 0.1) is 6.04 Å². The number of primary amides is 1. The minimum atomic E-state index is -0.293. The molecule has 0 aliphatic heterocycles. The van der Waals surface area contributed by atoms with E-state index in [0.29, 0.717) is 11.8 Å². The molecule has 1 aliphatic rings. The lowest BCUT2D eigenvalue weighted by molar-refractivity contribution is -0.119. The number of carbonyl (C=O) groups excluding carboxylic acids is 1. The van der Waals surface area contributed by atoms with Gasteiger partial charge in [0.25, 0.3) is 0 Å². The fourth-order valence-electron chi connectivity index (χ4n) is 1.24. The number of nitrogens with one attached hydrogen (secondary N) is 1. The fraction of sp³-hybridized carbons (Fsp3) is 0.667. The molecule has 0 spiro atoms. The SMILES string of the molecule is CSc1nnc(SCC(NC2CC2)C(N)=O)s1. The third-order valence-electron chi connectivity index (χ3n) is 2.29. The highest BCUT2D eigenvalue weighted by Gasteiger charge is 2.27. The Kier molecular flexibility index (Phi) is 4.66. The number of thioether (sulfide) groups is 2. The molecule has 8 heteroatoms. The van der Waals surface area contributed by atoms with Crippen molar-refractivity contribution in [2.24, 2.45) is 5.73 Å². The molecule has 1 aromatic heterocycles. The summed E-state index contributed by atoms with van der Waals surface area (Å²) in [7, 11) is 0. The summed E-state index contributed by atoms with van der Waals surface area (Å²) in [6.07, 6.45) is 4.25. The van der Waals surface area contributed by atoms with E-state index in [0.717, 1.165) is 21.5 Å². The number of hydrogen-bond donors (Lipinski definition) is 2. The standard InChI is InChI=1S/C9H14N4OS3/c1-15-8-12-13-9(17-8)16-4-6(7(10)14)11-5-2-3-5/h5-6,11H,2-4H2,1H3,(H2,10,14). The van der Waals surface area contributed by atoms with Crippen molar-refractivity contribution in [1.29, 1.82) is 0 Å². The Morgan fingerprint density at radius 3 is 2.82 bits per heavy atom. The van der Waals surface area contributed by atoms with Crippen LogP contribution in [0.25, 0.3) is 0 Å². The van der Waals surface area contributed by atoms with Crippen molar-refractivity contribution in [3.8, 4) is 0 Å². The maximum atomic E-state index is 11.3. The van der Waals surface area contributed by atoms with Crippen LogP contribution in [0.1, 0.15) is 12.8 Å². The molecule has 94 valence electrons. The predicted octanol–water partition coefficient (Wildman–Crippen LogP) is 0.958. The Balaban J connectivity index is 1.83. The second kappa shape index (κ2) is 6.03. The summed E-state index contributed by atoms with van der Waals surface area (Å²) in [5.41, 5.74) is 5.36. The van der Waals surface area contributed by atoms with Crippen molar-refractivity contribution < 1.29 is 4.79 Å². The molecule has 0 radical (unpaired) electrons. The van der Waals surface area contributed by atoms with E-state index in [-0.39, 0.29) is 11.9 Å². The molecule has 0 saturated heterocycles. The normalized spacial score (nSPS) is 17.0. The smallest absolute Gasteiger partial charge is 0.235 e. The number of hydrogen-bond acceptors (Lipinski definition) is 7. The van der Waals surface area contributed by atoms with Crippen LogP contribution < -0.4 is 11.1 Å². The van der Waals surface area contributed by atoms with Crippen molar-refractivity contribution in [2.75, 3.05) is 12.0 Å². The highest BCUT2D eigenvalue weighted by molar-refractivity contribution is 8.03. The summed E-state index contributed by atoms with van der Waals surface area (Å²) < 4.78 is 1.83. The number of rotatable bonds is 7. The van der Waals surface area contributed by atoms with Crippen molar-refractivity contribution in [3.63, 3.8) is 0 Å². The van der Waals surface area contributed by atoms with E-state index in [4.69, 9.17) is 5.73 Å². The van der Waals surface area contributed by atoms with Gasteiger partial charge >= 0.3 is 0 Å². The van der Waals surface area contributed by atoms with Crippen LogP contribution in [0, 0.1) is 0 Å². The molecule has 17 heavy (non-hydrogen) atoms. The lowest BCUT2D eigenvalue weighted by atomic mass is 10.3. The van der Waals surface area contributed by atoms with Crippen molar-refractivity contribution in [2.45, 2.75) is 33.6 Å². The van der Waals surface area contributed by atoms with Crippen LogP contribution in [0.15, 0.2) is 8.68 Å². The first-order chi connectivity index (χ1) is 8.19. The lowest BCUT2D eigenvalue weighted by Crippen LogP contribution is -2.44. The summed E-state index contributed by atoms with van der Waals surface area (Å²) in [6, 6.07) is 0.207. The summed E-state index contributed by atoms with van der Waals surface area (Å²) in [6.45, 7) is 0. The van der Waals surface area contributed by atoms with Gasteiger partial charge in [0.2, 0.25) is 5.91 Å². The number of aromatic nitrogens is 2. The highest BCUT2D eigenvalue weighted by Crippen LogP contribution is 2.28. The van der Waals surface area contributed by atoms with E-state index in [1.807, 2.05) is 6.26 Å². The molecular formula is C9H14N4OS3. The van der Waals surface area contributed by atoms with Gasteiger partial charge in [-0.15, -0.1) is 10.2 Å². The largest absolute Gasteiger partial charge is 0.368 e. The van der Waals surface area contributed by atoms with Crippen LogP contribution in [0.5, 0.6) is 0 Å². The Morgan fingerprint density at radius 2 is 2.29 bits per heavy atom. The molecule has 1 aromatic rings. The first-order valence-electron chi connectivity index (χ1n) is 5.24. The zero-order valence-electron chi connectivity index (χ0n) is 9.38. The third-order valence-corrected chi connectivity index (χ3v) is 5.42. The van der Waals surface area contributed by atoms with Crippen LogP contribution in [-0.2, 0) is 4.79 Å². The van der Waals surface area contributed by atoms with Gasteiger partial charge in [0.15, 0.2) is 8.68 Å². The number of nitrogens with two attached hydrogens (primary N) is 1. The van der Waals surface area contributed by atoms with Gasteiger partial charge in [-0.1, -0.05) is 34.9 Å². The number of amides is 1. The maximum absolute atomic E-state index is 11.3. The second-order valence-electron chi connectivity index (χ2n) is 3.74. The van der Waals surface area contributed by atoms with Crippen LogP contribution >= 0.6 is 34.9 Å². The second-order valence-corrected chi connectivity index (χ2v) is 7.04. The van der Waals surface area contributed by atoms with E-state index in [9.17, 15) is 4.79 Å². The van der Waals surface area contributed by atoms with Gasteiger partial charge in [-0.25, -0.2) is 0 Å². The molecule has 0 bridgehead atoms. The zero-order chi connectivity index (χ0) is 12.3. The quantitative estimate of drug-likeness (QED) is 0.728. The van der Waals surface area contributed by atoms with Crippen molar-refractivity contribution in [3.05, 3.63) is 0 Å². The van der Waals surface area contributed by atoms with E-state index in [1.54, 1.807) is 23.1 Å². The van der Waals surface area contributed by atoms with Gasteiger partial charge in [-0.2, -0.15) is 0 Å². The summed E-state index contributed by atoms with van der Waals surface area (Å²) in [5, 5.41) is 11.3. The molecule has 1 fully saturated rings. The predicted molar refractivity (Wildman–Crippen MR) is 71.6 cm³/mol. The molecular weight excluding hydrogens is 276 g/mol. The molecule has 5 nitrogen and oxygen atoms in total. The van der Waals surface area contributed by atoms with Crippen LogP contribution in [0.4, 0.5) is 0 Å². The van der Waals surface area contributed by atoms with Gasteiger partial charge in [-0.3, -0.25) is 4.79 Å². The summed E-state index contributed by atoms with van der Waals surface area (Å²) in [4.78, 5) is 11.3. The van der Waals surface area contributed by atoms with E-state index in [1.165, 1.54) is 11.8 Å². The molecule has 1 atom stereocenters. The summed E-state index contributed by atoms with van der Waals surface area (Å²) >= 11 is 4.65. The Hall–Kier alpha value is -0.310. The summed E-state index contributed by atoms with van der Waals surface area (Å²) in [5.74, 6) is 0.327. The van der Waals surface area contributed by atoms with Crippen molar-refractivity contribution in [1.82, 2.24) is 15.5 Å². The average Bonchev–Trinajstić information content (AvgIpc) is 3.01. The topological polar surface area (TPSA) is 80.9 Å². The number of carbonyl (C=O) groups is 1. The molecule has 1 unspecified atom stereocenters. The molecule has 1 heterocycles. The minimum absolute atomic E-state index is 0.269. The average molecular weight is 290 g/mol. The third kappa shape index (κ3) is 4.13. The van der Waals surface area contributed by atoms with Crippen molar-refractivity contribution >= 4 is 40.8 Å². The molecule has 2 rings (SSSR count). The zero-order valence-corrected chi connectivity index (χ0v) is 11.8. The Labute approximate surface area is 112 Å². The maximum Gasteiger partial charge on any atom is 0.235 e. The highest BCUT2D eigenvalue weighted by atomic mass is 32.2. The first kappa shape index (κ1) is 13.1. The monoisotopic (exact) mass is 290 g/mol. The molecule has 3 N–H and O–H groups in total. The van der Waals surface area contributed by atoms with Gasteiger partial charge < -0.3 is 11.1 Å². The molecule has 1 amide bonds. The minimum Gasteiger partial charge on any atom is -0.368 e. The molecule has 1 aliphatic carbocycles. The molecule has 0 aromatic carbocycles. The van der Waals surface area contributed by atoms with Gasteiger partial charge in [0.1, 0.15) is 0 Å². The van der Waals surface area contributed by atoms with E-state index < -0.39 is 0 Å². The van der Waals surface area contributed by atoms with Gasteiger partial charge in [-0.05, 0) is 19.1 Å². The molecule has 1 saturated carbocycles. The number of nitrogens with zero attached hydrogens (tertiary/aromatic N) is 2. The first-order valence-corrected chi connectivity index (χ1v) is 8.27. The van der Waals surface area contributed by atoms with Crippen LogP contribution in [0.3, 0.4) is 0 Å². The Bertz CT molecular complexity index is 393. The lowest BCUT2D eigenvalue weighted by Gasteiger charge is -2.13. The van der Waals surface area contributed by atoms with E-state index >= 15 is 0 Å². The fourth-order valence-corrected chi connectivity index (χ4v) is 3.75. The van der Waals surface area contributed by atoms with E-state index in [2.05, 4.69) is 15.5 Å². The Morgan fingerprint density at radius 1 is 1.59 bits per heavy atom.